The van der Waals surface area contributed by atoms with Gasteiger partial charge >= 0.3 is 0 Å². The van der Waals surface area contributed by atoms with E-state index < -0.39 is 0 Å². The summed E-state index contributed by atoms with van der Waals surface area (Å²) in [6.45, 7) is 1.97. The average molecular weight is 372 g/mol. The fourth-order valence-electron chi connectivity index (χ4n) is 3.20. The van der Waals surface area contributed by atoms with Gasteiger partial charge in [0.25, 0.3) is 0 Å². The summed E-state index contributed by atoms with van der Waals surface area (Å²) >= 11 is 0. The molecule has 136 valence electrons. The minimum absolute atomic E-state index is 0. The molecule has 0 spiro atoms. The number of halogens is 1. The molecular formula is C20H22ClN3O2. The minimum atomic E-state index is 0. The molecule has 0 unspecified atom stereocenters. The van der Waals surface area contributed by atoms with Gasteiger partial charge in [0, 0.05) is 24.5 Å². The molecule has 1 aliphatic rings. The van der Waals surface area contributed by atoms with Crippen molar-refractivity contribution in [2.24, 2.45) is 0 Å². The van der Waals surface area contributed by atoms with E-state index in [1.165, 1.54) is 11.1 Å². The average Bonchev–Trinajstić information content (AvgIpc) is 3.11. The fourth-order valence-corrected chi connectivity index (χ4v) is 3.20. The largest absolute Gasteiger partial charge is 0.493 e. The van der Waals surface area contributed by atoms with Crippen LogP contribution in [0.25, 0.3) is 22.5 Å². The molecule has 0 saturated carbocycles. The number of ether oxygens (including phenoxy) is 2. The molecule has 5 nitrogen and oxygen atoms in total. The molecule has 3 heterocycles. The van der Waals surface area contributed by atoms with Crippen LogP contribution in [0.1, 0.15) is 12.0 Å². The van der Waals surface area contributed by atoms with Crippen LogP contribution < -0.4 is 14.8 Å². The smallest absolute Gasteiger partial charge is 0.161 e. The van der Waals surface area contributed by atoms with Crippen molar-refractivity contribution in [3.8, 4) is 22.8 Å². The molecule has 1 aliphatic heterocycles. The summed E-state index contributed by atoms with van der Waals surface area (Å²) < 4.78 is 12.8. The van der Waals surface area contributed by atoms with Crippen LogP contribution >= 0.6 is 12.4 Å². The highest BCUT2D eigenvalue weighted by Crippen LogP contribution is 2.32. The number of benzene rings is 1. The lowest BCUT2D eigenvalue weighted by Crippen LogP contribution is -2.20. The van der Waals surface area contributed by atoms with Gasteiger partial charge in [-0.25, -0.2) is 4.98 Å². The second-order valence-electron chi connectivity index (χ2n) is 6.06. The predicted molar refractivity (Wildman–Crippen MR) is 106 cm³/mol. The molecule has 1 N–H and O–H groups in total. The quantitative estimate of drug-likeness (QED) is 0.757. The molecule has 0 fully saturated rings. The summed E-state index contributed by atoms with van der Waals surface area (Å²) in [5, 5.41) is 3.35. The first-order valence-electron chi connectivity index (χ1n) is 8.40. The van der Waals surface area contributed by atoms with Crippen LogP contribution in [0.4, 0.5) is 0 Å². The molecule has 0 bridgehead atoms. The van der Waals surface area contributed by atoms with Crippen molar-refractivity contribution in [2.75, 3.05) is 27.3 Å². The lowest BCUT2D eigenvalue weighted by Gasteiger charge is -2.14. The molecular weight excluding hydrogens is 350 g/mol. The Morgan fingerprint density at radius 2 is 1.81 bits per heavy atom. The normalized spacial score (nSPS) is 13.8. The van der Waals surface area contributed by atoms with E-state index in [-0.39, 0.29) is 12.4 Å². The molecule has 0 amide bonds. The molecule has 3 aromatic rings. The summed E-state index contributed by atoms with van der Waals surface area (Å²) in [7, 11) is 3.28. The topological polar surface area (TPSA) is 47.8 Å². The van der Waals surface area contributed by atoms with Gasteiger partial charge in [0.2, 0.25) is 0 Å². The standard InChI is InChI=1S/C20H21N3O2.ClH/c1-24-18-5-3-15(11-19(18)25-2)17-13-23-12-16(4-6-20(23)22-17)14-7-9-21-10-8-14;/h3-7,11-13,21H,8-10H2,1-2H3;1H. The highest BCUT2D eigenvalue weighted by molar-refractivity contribution is 5.85. The summed E-state index contributed by atoms with van der Waals surface area (Å²) in [4.78, 5) is 4.73. The third-order valence-corrected chi connectivity index (χ3v) is 4.57. The Hall–Kier alpha value is -2.50. The van der Waals surface area contributed by atoms with Crippen LogP contribution in [0.2, 0.25) is 0 Å². The molecule has 6 heteroatoms. The molecule has 2 aromatic heterocycles. The van der Waals surface area contributed by atoms with Crippen LogP contribution in [-0.2, 0) is 0 Å². The van der Waals surface area contributed by atoms with Crippen molar-refractivity contribution in [3.05, 3.63) is 54.4 Å². The lowest BCUT2D eigenvalue weighted by molar-refractivity contribution is 0.355. The SMILES string of the molecule is COc1ccc(-c2cn3cc(C4=CCNCC4)ccc3n2)cc1OC.Cl. The van der Waals surface area contributed by atoms with Crippen LogP contribution in [0, 0.1) is 0 Å². The second-order valence-corrected chi connectivity index (χ2v) is 6.06. The zero-order valence-electron chi connectivity index (χ0n) is 14.9. The number of nitrogens with one attached hydrogen (secondary N) is 1. The highest BCUT2D eigenvalue weighted by atomic mass is 35.5. The first kappa shape index (κ1) is 18.3. The number of hydrogen-bond acceptors (Lipinski definition) is 4. The summed E-state index contributed by atoms with van der Waals surface area (Å²) in [6.07, 6.45) is 7.53. The van der Waals surface area contributed by atoms with E-state index in [1.54, 1.807) is 14.2 Å². The van der Waals surface area contributed by atoms with Gasteiger partial charge in [0.15, 0.2) is 11.5 Å². The Morgan fingerprint density at radius 3 is 2.54 bits per heavy atom. The van der Waals surface area contributed by atoms with E-state index >= 15 is 0 Å². The maximum atomic E-state index is 5.40. The molecule has 0 radical (unpaired) electrons. The summed E-state index contributed by atoms with van der Waals surface area (Å²) in [6, 6.07) is 10.1. The van der Waals surface area contributed by atoms with E-state index in [0.717, 1.165) is 42.2 Å². The van der Waals surface area contributed by atoms with Crippen molar-refractivity contribution in [3.63, 3.8) is 0 Å². The first-order chi connectivity index (χ1) is 12.3. The van der Waals surface area contributed by atoms with E-state index in [0.29, 0.717) is 5.75 Å². The van der Waals surface area contributed by atoms with Gasteiger partial charge in [-0.3, -0.25) is 0 Å². The zero-order chi connectivity index (χ0) is 17.2. The second kappa shape index (κ2) is 7.81. The number of pyridine rings is 1. The molecule has 0 aliphatic carbocycles. The van der Waals surface area contributed by atoms with E-state index in [2.05, 4.69) is 40.3 Å². The number of methoxy groups -OCH3 is 2. The fraction of sp³-hybridized carbons (Fsp3) is 0.250. The number of nitrogens with zero attached hydrogens (tertiary/aromatic N) is 2. The van der Waals surface area contributed by atoms with E-state index in [9.17, 15) is 0 Å². The maximum absolute atomic E-state index is 5.40. The number of hydrogen-bond donors (Lipinski definition) is 1. The van der Waals surface area contributed by atoms with Gasteiger partial charge in [0.05, 0.1) is 19.9 Å². The van der Waals surface area contributed by atoms with Crippen LogP contribution in [0.5, 0.6) is 11.5 Å². The zero-order valence-corrected chi connectivity index (χ0v) is 15.7. The Labute approximate surface area is 159 Å². The van der Waals surface area contributed by atoms with E-state index in [4.69, 9.17) is 14.5 Å². The third-order valence-electron chi connectivity index (χ3n) is 4.57. The molecule has 1 aromatic carbocycles. The van der Waals surface area contributed by atoms with Crippen molar-refractivity contribution in [2.45, 2.75) is 6.42 Å². The van der Waals surface area contributed by atoms with Gasteiger partial charge < -0.3 is 19.2 Å². The summed E-state index contributed by atoms with van der Waals surface area (Å²) in [5.74, 6) is 1.42. The van der Waals surface area contributed by atoms with Crippen molar-refractivity contribution < 1.29 is 9.47 Å². The Balaban J connectivity index is 0.00000196. The Bertz CT molecular complexity index is 949. The number of aromatic nitrogens is 2. The maximum Gasteiger partial charge on any atom is 0.161 e. The van der Waals surface area contributed by atoms with Gasteiger partial charge in [0.1, 0.15) is 5.65 Å². The third kappa shape index (κ3) is 3.41. The molecule has 26 heavy (non-hydrogen) atoms. The lowest BCUT2D eigenvalue weighted by atomic mass is 10.0. The van der Waals surface area contributed by atoms with Crippen molar-refractivity contribution in [1.82, 2.24) is 14.7 Å². The highest BCUT2D eigenvalue weighted by Gasteiger charge is 2.11. The van der Waals surface area contributed by atoms with Gasteiger partial charge in [-0.15, -0.1) is 12.4 Å². The Kier molecular flexibility index (Phi) is 5.49. The van der Waals surface area contributed by atoms with Crippen molar-refractivity contribution in [1.29, 1.82) is 0 Å². The Morgan fingerprint density at radius 1 is 1.00 bits per heavy atom. The van der Waals surface area contributed by atoms with Crippen LogP contribution in [-0.4, -0.2) is 36.7 Å². The summed E-state index contributed by atoms with van der Waals surface area (Å²) in [5.41, 5.74) is 5.50. The van der Waals surface area contributed by atoms with Crippen LogP contribution in [0.3, 0.4) is 0 Å². The first-order valence-corrected chi connectivity index (χ1v) is 8.40. The van der Waals surface area contributed by atoms with Gasteiger partial charge in [-0.2, -0.15) is 0 Å². The van der Waals surface area contributed by atoms with Gasteiger partial charge in [-0.05, 0) is 54.4 Å². The number of fused-ring (bicyclic) bond motifs is 1. The number of rotatable bonds is 4. The molecule has 0 saturated heterocycles. The predicted octanol–water partition coefficient (Wildman–Crippen LogP) is 3.82. The van der Waals surface area contributed by atoms with Crippen LogP contribution in [0.15, 0.2) is 48.8 Å². The van der Waals surface area contributed by atoms with E-state index in [1.807, 2.05) is 18.2 Å². The van der Waals surface area contributed by atoms with Gasteiger partial charge in [-0.1, -0.05) is 6.08 Å². The van der Waals surface area contributed by atoms with Crippen molar-refractivity contribution >= 4 is 23.6 Å². The molecule has 4 rings (SSSR count). The monoisotopic (exact) mass is 371 g/mol. The number of imidazole rings is 1. The molecule has 0 atom stereocenters. The minimum Gasteiger partial charge on any atom is -0.493 e.